The van der Waals surface area contributed by atoms with Crippen molar-refractivity contribution < 1.29 is 14.3 Å². The highest BCUT2D eigenvalue weighted by Crippen LogP contribution is 2.33. The van der Waals surface area contributed by atoms with E-state index in [2.05, 4.69) is 24.1 Å². The van der Waals surface area contributed by atoms with Crippen LogP contribution in [0.2, 0.25) is 0 Å². The van der Waals surface area contributed by atoms with Gasteiger partial charge in [-0.25, -0.2) is 4.98 Å². The molecule has 1 amide bonds. The number of amides is 1. The number of hydrogen-bond acceptors (Lipinski definition) is 5. The number of aromatic nitrogens is 1. The lowest BCUT2D eigenvalue weighted by Crippen LogP contribution is -2.12. The Hall–Kier alpha value is -2.08. The van der Waals surface area contributed by atoms with Crippen LogP contribution in [0.4, 0.5) is 5.13 Å². The van der Waals surface area contributed by atoms with Gasteiger partial charge in [0.1, 0.15) is 0 Å². The Morgan fingerprint density at radius 1 is 1.31 bits per heavy atom. The SMILES string of the molecule is CCCOc1ccc(C(=O)Nc2nc3c(s2)CC(C)CC3)cc1OCC. The summed E-state index contributed by atoms with van der Waals surface area (Å²) >= 11 is 1.59. The van der Waals surface area contributed by atoms with Crippen molar-refractivity contribution in [2.24, 2.45) is 5.92 Å². The molecule has 1 heterocycles. The number of carbonyl (C=O) groups is 1. The summed E-state index contributed by atoms with van der Waals surface area (Å²) in [5.74, 6) is 1.79. The highest BCUT2D eigenvalue weighted by molar-refractivity contribution is 7.15. The summed E-state index contributed by atoms with van der Waals surface area (Å²) in [7, 11) is 0. The van der Waals surface area contributed by atoms with Crippen molar-refractivity contribution in [2.45, 2.75) is 46.5 Å². The second-order valence-electron chi connectivity index (χ2n) is 6.63. The third-order valence-electron chi connectivity index (χ3n) is 4.37. The van der Waals surface area contributed by atoms with Crippen LogP contribution < -0.4 is 14.8 Å². The Bertz CT molecular complexity index is 772. The average Bonchev–Trinajstić information content (AvgIpc) is 3.02. The number of nitrogens with one attached hydrogen (secondary N) is 1. The molecule has 0 radical (unpaired) electrons. The van der Waals surface area contributed by atoms with Crippen LogP contribution in [0.3, 0.4) is 0 Å². The van der Waals surface area contributed by atoms with E-state index in [0.717, 1.165) is 25.0 Å². The van der Waals surface area contributed by atoms with E-state index in [1.54, 1.807) is 29.5 Å². The third-order valence-corrected chi connectivity index (χ3v) is 5.41. The number of aryl methyl sites for hydroxylation is 1. The lowest BCUT2D eigenvalue weighted by Gasteiger charge is -2.15. The average molecular weight is 375 g/mol. The lowest BCUT2D eigenvalue weighted by molar-refractivity contribution is 0.102. The van der Waals surface area contributed by atoms with Gasteiger partial charge in [-0.2, -0.15) is 0 Å². The maximum Gasteiger partial charge on any atom is 0.257 e. The Kier molecular flexibility index (Phi) is 6.14. The molecule has 1 N–H and O–H groups in total. The van der Waals surface area contributed by atoms with E-state index in [9.17, 15) is 4.79 Å². The minimum absolute atomic E-state index is 0.174. The summed E-state index contributed by atoms with van der Waals surface area (Å²) < 4.78 is 11.3. The third kappa shape index (κ3) is 4.36. The second kappa shape index (κ2) is 8.54. The fourth-order valence-electron chi connectivity index (χ4n) is 3.01. The molecular weight excluding hydrogens is 348 g/mol. The van der Waals surface area contributed by atoms with Gasteiger partial charge in [-0.3, -0.25) is 10.1 Å². The van der Waals surface area contributed by atoms with Crippen molar-refractivity contribution in [2.75, 3.05) is 18.5 Å². The quantitative estimate of drug-likeness (QED) is 0.762. The Labute approximate surface area is 158 Å². The van der Waals surface area contributed by atoms with Crippen molar-refractivity contribution in [3.05, 3.63) is 34.3 Å². The summed E-state index contributed by atoms with van der Waals surface area (Å²) in [5.41, 5.74) is 1.68. The van der Waals surface area contributed by atoms with Gasteiger partial charge in [0.25, 0.3) is 5.91 Å². The molecule has 1 aromatic carbocycles. The highest BCUT2D eigenvalue weighted by Gasteiger charge is 2.21. The fraction of sp³-hybridized carbons (Fsp3) is 0.500. The first-order valence-corrected chi connectivity index (χ1v) is 10.1. The van der Waals surface area contributed by atoms with E-state index in [1.165, 1.54) is 11.3 Å². The first kappa shape index (κ1) is 18.7. The number of ether oxygens (including phenoxy) is 2. The largest absolute Gasteiger partial charge is 0.490 e. The highest BCUT2D eigenvalue weighted by atomic mass is 32.1. The first-order chi connectivity index (χ1) is 12.6. The Morgan fingerprint density at radius 2 is 2.15 bits per heavy atom. The molecule has 1 aromatic heterocycles. The van der Waals surface area contributed by atoms with E-state index in [0.29, 0.717) is 41.3 Å². The zero-order valence-corrected chi connectivity index (χ0v) is 16.4. The molecule has 5 nitrogen and oxygen atoms in total. The molecule has 0 saturated carbocycles. The van der Waals surface area contributed by atoms with Gasteiger partial charge in [0.15, 0.2) is 16.6 Å². The molecule has 2 aromatic rings. The maximum atomic E-state index is 12.6. The molecule has 0 bridgehead atoms. The van der Waals surface area contributed by atoms with Crippen molar-refractivity contribution in [3.63, 3.8) is 0 Å². The number of anilines is 1. The van der Waals surface area contributed by atoms with Crippen molar-refractivity contribution in [1.82, 2.24) is 4.98 Å². The molecule has 140 valence electrons. The van der Waals surface area contributed by atoms with Gasteiger partial charge in [-0.05, 0) is 56.7 Å². The molecule has 0 spiro atoms. The molecule has 0 aliphatic heterocycles. The minimum Gasteiger partial charge on any atom is -0.490 e. The van der Waals surface area contributed by atoms with Crippen LogP contribution in [0.15, 0.2) is 18.2 Å². The van der Waals surface area contributed by atoms with Crippen LogP contribution in [0.5, 0.6) is 11.5 Å². The van der Waals surface area contributed by atoms with Crippen molar-refractivity contribution >= 4 is 22.4 Å². The summed E-state index contributed by atoms with van der Waals surface area (Å²) in [6, 6.07) is 5.29. The maximum absolute atomic E-state index is 12.6. The molecule has 3 rings (SSSR count). The van der Waals surface area contributed by atoms with Crippen LogP contribution in [0.1, 0.15) is 54.5 Å². The van der Waals surface area contributed by atoms with Crippen LogP contribution in [-0.2, 0) is 12.8 Å². The van der Waals surface area contributed by atoms with Gasteiger partial charge >= 0.3 is 0 Å². The molecule has 0 saturated heterocycles. The van der Waals surface area contributed by atoms with Gasteiger partial charge in [0, 0.05) is 10.4 Å². The molecule has 0 fully saturated rings. The van der Waals surface area contributed by atoms with E-state index in [4.69, 9.17) is 9.47 Å². The molecule has 1 atom stereocenters. The second-order valence-corrected chi connectivity index (χ2v) is 7.72. The summed E-state index contributed by atoms with van der Waals surface area (Å²) in [5, 5.41) is 3.61. The fourth-order valence-corrected chi connectivity index (χ4v) is 4.18. The number of nitrogens with zero attached hydrogens (tertiary/aromatic N) is 1. The first-order valence-electron chi connectivity index (χ1n) is 9.30. The van der Waals surface area contributed by atoms with E-state index >= 15 is 0 Å². The zero-order valence-electron chi connectivity index (χ0n) is 15.6. The molecular formula is C20H26N2O3S. The molecule has 1 unspecified atom stereocenters. The molecule has 6 heteroatoms. The standard InChI is InChI=1S/C20H26N2O3S/c1-4-10-25-16-9-7-14(12-17(16)24-5-2)19(23)22-20-21-15-8-6-13(3)11-18(15)26-20/h7,9,12-13H,4-6,8,10-11H2,1-3H3,(H,21,22,23). The van der Waals surface area contributed by atoms with Crippen LogP contribution in [0.25, 0.3) is 0 Å². The van der Waals surface area contributed by atoms with Crippen molar-refractivity contribution in [3.8, 4) is 11.5 Å². The van der Waals surface area contributed by atoms with Crippen LogP contribution in [-0.4, -0.2) is 24.1 Å². The van der Waals surface area contributed by atoms with E-state index in [-0.39, 0.29) is 5.91 Å². The van der Waals surface area contributed by atoms with Gasteiger partial charge in [-0.15, -0.1) is 11.3 Å². The number of thiazole rings is 1. The molecule has 1 aliphatic carbocycles. The van der Waals surface area contributed by atoms with Gasteiger partial charge in [0.2, 0.25) is 0 Å². The van der Waals surface area contributed by atoms with E-state index in [1.807, 2.05) is 6.92 Å². The smallest absolute Gasteiger partial charge is 0.257 e. The summed E-state index contributed by atoms with van der Waals surface area (Å²) in [6.07, 6.45) is 4.14. The topological polar surface area (TPSA) is 60.5 Å². The number of carbonyl (C=O) groups excluding carboxylic acids is 1. The predicted octanol–water partition coefficient (Wildman–Crippen LogP) is 4.71. The van der Waals surface area contributed by atoms with Gasteiger partial charge < -0.3 is 9.47 Å². The van der Waals surface area contributed by atoms with Gasteiger partial charge in [-0.1, -0.05) is 13.8 Å². The summed E-state index contributed by atoms with van der Waals surface area (Å²) in [6.45, 7) is 7.37. The van der Waals surface area contributed by atoms with E-state index < -0.39 is 0 Å². The number of fused-ring (bicyclic) bond motifs is 1. The Balaban J connectivity index is 1.74. The molecule has 1 aliphatic rings. The lowest BCUT2D eigenvalue weighted by atomic mass is 9.93. The number of rotatable bonds is 7. The normalized spacial score (nSPS) is 16.0. The van der Waals surface area contributed by atoms with Crippen molar-refractivity contribution in [1.29, 1.82) is 0 Å². The van der Waals surface area contributed by atoms with Gasteiger partial charge in [0.05, 0.1) is 18.9 Å². The number of hydrogen-bond donors (Lipinski definition) is 1. The number of benzene rings is 1. The van der Waals surface area contributed by atoms with Crippen LogP contribution in [0, 0.1) is 5.92 Å². The monoisotopic (exact) mass is 374 g/mol. The summed E-state index contributed by atoms with van der Waals surface area (Å²) in [4.78, 5) is 18.5. The predicted molar refractivity (Wildman–Crippen MR) is 105 cm³/mol. The Morgan fingerprint density at radius 3 is 2.92 bits per heavy atom. The molecule has 26 heavy (non-hydrogen) atoms. The van der Waals surface area contributed by atoms with Crippen LogP contribution >= 0.6 is 11.3 Å². The minimum atomic E-state index is -0.174. The zero-order chi connectivity index (χ0) is 18.5.